The summed E-state index contributed by atoms with van der Waals surface area (Å²) in [6.45, 7) is 6.85. The van der Waals surface area contributed by atoms with E-state index in [0.29, 0.717) is 0 Å². The first-order valence-electron chi connectivity index (χ1n) is 8.44. The topological polar surface area (TPSA) is 96.1 Å². The zero-order chi connectivity index (χ0) is 19.8. The van der Waals surface area contributed by atoms with Gasteiger partial charge in [0.25, 0.3) is 0 Å². The van der Waals surface area contributed by atoms with Crippen molar-refractivity contribution in [3.05, 3.63) is 83.7 Å². The van der Waals surface area contributed by atoms with Crippen LogP contribution in [-0.2, 0) is 5.41 Å². The molecule has 2 aromatic carbocycles. The van der Waals surface area contributed by atoms with Gasteiger partial charge in [0, 0.05) is 24.6 Å². The Morgan fingerprint density at radius 1 is 0.778 bits per heavy atom. The first-order valence-corrected chi connectivity index (χ1v) is 9.67. The third-order valence-electron chi connectivity index (χ3n) is 4.82. The maximum absolute atomic E-state index is 8.49. The highest BCUT2D eigenvalue weighted by atomic mass is 35.7. The van der Waals surface area contributed by atoms with Gasteiger partial charge in [0.2, 0.25) is 11.4 Å². The molecule has 0 radical (unpaired) electrons. The highest BCUT2D eigenvalue weighted by Gasteiger charge is 2.46. The Morgan fingerprint density at radius 2 is 1.33 bits per heavy atom. The minimum atomic E-state index is -4.94. The van der Waals surface area contributed by atoms with Crippen LogP contribution in [0.15, 0.2) is 66.7 Å². The van der Waals surface area contributed by atoms with Crippen molar-refractivity contribution in [2.24, 2.45) is 0 Å². The van der Waals surface area contributed by atoms with Crippen LogP contribution < -0.4 is 23.2 Å². The van der Waals surface area contributed by atoms with Gasteiger partial charge in [0.05, 0.1) is 11.0 Å². The third-order valence-corrected chi connectivity index (χ3v) is 4.82. The molecule has 4 rings (SSSR count). The van der Waals surface area contributed by atoms with Gasteiger partial charge in [0.1, 0.15) is 0 Å². The van der Waals surface area contributed by atoms with E-state index in [9.17, 15) is 0 Å². The van der Waals surface area contributed by atoms with E-state index in [1.165, 1.54) is 33.8 Å². The van der Waals surface area contributed by atoms with Crippen LogP contribution in [0.2, 0.25) is 0 Å². The van der Waals surface area contributed by atoms with Crippen molar-refractivity contribution in [1.82, 2.24) is 0 Å². The molecule has 5 nitrogen and oxygen atoms in total. The van der Waals surface area contributed by atoms with E-state index >= 15 is 0 Å². The first kappa shape index (κ1) is 19.5. The molecule has 1 aliphatic rings. The number of para-hydroxylation sites is 1. The van der Waals surface area contributed by atoms with Gasteiger partial charge >= 0.3 is 0 Å². The zero-order valence-electron chi connectivity index (χ0n) is 15.3. The lowest BCUT2D eigenvalue weighted by molar-refractivity contribution is -2.00. The van der Waals surface area contributed by atoms with Gasteiger partial charge in [-0.3, -0.25) is 0 Å². The van der Waals surface area contributed by atoms with Crippen LogP contribution in [-0.4, -0.2) is 0 Å². The number of fused-ring (bicyclic) bond motifs is 3. The molecule has 140 valence electrons. The second-order valence-corrected chi connectivity index (χ2v) is 7.71. The minimum Gasteiger partial charge on any atom is -0.222 e. The van der Waals surface area contributed by atoms with Crippen molar-refractivity contribution in [3.63, 3.8) is 0 Å². The summed E-state index contributed by atoms with van der Waals surface area (Å²) in [5.74, 6) is 0. The molecule has 0 unspecified atom stereocenters. The molecule has 0 fully saturated rings. The number of nitrogens with zero attached hydrogens (tertiary/aromatic N) is 1. The van der Waals surface area contributed by atoms with Crippen LogP contribution in [0.5, 0.6) is 0 Å². The van der Waals surface area contributed by atoms with Gasteiger partial charge < -0.3 is 0 Å². The van der Waals surface area contributed by atoms with Crippen LogP contribution in [0.1, 0.15) is 30.8 Å². The Kier molecular flexibility index (Phi) is 5.08. The van der Waals surface area contributed by atoms with E-state index in [0.717, 1.165) is 0 Å². The molecule has 0 amide bonds. The molecule has 1 aliphatic heterocycles. The Bertz CT molecular complexity index is 960. The van der Waals surface area contributed by atoms with Gasteiger partial charge in [-0.05, 0) is 25.5 Å². The van der Waals surface area contributed by atoms with Crippen molar-refractivity contribution in [2.75, 3.05) is 0 Å². The quantitative estimate of drug-likeness (QED) is 0.543. The molecule has 0 aliphatic carbocycles. The van der Waals surface area contributed by atoms with Crippen molar-refractivity contribution < 1.29 is 33.4 Å². The van der Waals surface area contributed by atoms with E-state index < -0.39 is 10.2 Å². The monoisotopic (exact) mass is 385 g/mol. The number of rotatable bonds is 1. The van der Waals surface area contributed by atoms with Crippen LogP contribution >= 0.6 is 0 Å². The molecule has 1 aromatic heterocycles. The van der Waals surface area contributed by atoms with Gasteiger partial charge in [-0.25, -0.2) is 18.6 Å². The maximum Gasteiger partial charge on any atom is 0.215 e. The van der Waals surface area contributed by atoms with Crippen LogP contribution in [0.3, 0.4) is 0 Å². The number of hydrogen-bond acceptors (Lipinski definition) is 4. The third kappa shape index (κ3) is 3.88. The van der Waals surface area contributed by atoms with Crippen LogP contribution in [0.4, 0.5) is 0 Å². The predicted molar refractivity (Wildman–Crippen MR) is 90.3 cm³/mol. The SMILES string of the molecule is Cc1ccc(-c2ccccc2)c2[n+]1-c1ccccc1C2(C)C.[O-][Cl+3]([O-])([O-])[O-]. The van der Waals surface area contributed by atoms with Crippen molar-refractivity contribution in [3.8, 4) is 16.8 Å². The number of benzene rings is 2. The fraction of sp³-hybridized carbons (Fsp3) is 0.190. The lowest BCUT2D eigenvalue weighted by Crippen LogP contribution is -2.68. The normalized spacial score (nSPS) is 14.0. The van der Waals surface area contributed by atoms with Gasteiger partial charge in [-0.2, -0.15) is 4.57 Å². The summed E-state index contributed by atoms with van der Waals surface area (Å²) in [5.41, 5.74) is 8.01. The Morgan fingerprint density at radius 3 is 1.96 bits per heavy atom. The highest BCUT2D eigenvalue weighted by molar-refractivity contribution is 5.69. The lowest BCUT2D eigenvalue weighted by Gasteiger charge is -2.17. The minimum absolute atomic E-state index is 0.00773. The zero-order valence-corrected chi connectivity index (χ0v) is 16.1. The van der Waals surface area contributed by atoms with Crippen molar-refractivity contribution >= 4 is 0 Å². The molecule has 2 heterocycles. The van der Waals surface area contributed by atoms with E-state index in [2.05, 4.69) is 92.1 Å². The molecule has 0 atom stereocenters. The van der Waals surface area contributed by atoms with E-state index in [-0.39, 0.29) is 5.41 Å². The molecular weight excluding hydrogens is 366 g/mol. The summed E-state index contributed by atoms with van der Waals surface area (Å²) >= 11 is 0. The fourth-order valence-corrected chi connectivity index (χ4v) is 3.76. The first-order chi connectivity index (χ1) is 12.6. The lowest BCUT2D eigenvalue weighted by atomic mass is 9.80. The summed E-state index contributed by atoms with van der Waals surface area (Å²) in [4.78, 5) is 0. The summed E-state index contributed by atoms with van der Waals surface area (Å²) < 4.78 is 36.4. The average molecular weight is 386 g/mol. The van der Waals surface area contributed by atoms with Gasteiger partial charge in [-0.15, -0.1) is 10.2 Å². The van der Waals surface area contributed by atoms with Crippen molar-refractivity contribution in [2.45, 2.75) is 26.2 Å². The summed E-state index contributed by atoms with van der Waals surface area (Å²) in [6.07, 6.45) is 0. The van der Waals surface area contributed by atoms with Gasteiger partial charge in [0.15, 0.2) is 5.69 Å². The maximum atomic E-state index is 8.49. The molecule has 27 heavy (non-hydrogen) atoms. The number of hydrogen-bond donors (Lipinski definition) is 0. The second-order valence-electron chi connectivity index (χ2n) is 6.96. The summed E-state index contributed by atoms with van der Waals surface area (Å²) in [5, 5.41) is 0. The standard InChI is InChI=1S/C21H20N.ClHO4/c1-15-13-14-17(16-9-5-4-6-10-16)20-21(2,3)18-11-7-8-12-19(18)22(15)20;2-1(3,4)5/h4-14H,1-3H3;(H,2,3,4,5)/q+1;/p-1. The Labute approximate surface area is 160 Å². The Balaban J connectivity index is 0.000000376. The molecule has 6 heteroatoms. The van der Waals surface area contributed by atoms with E-state index in [4.69, 9.17) is 18.6 Å². The fourth-order valence-electron chi connectivity index (χ4n) is 3.76. The van der Waals surface area contributed by atoms with Crippen LogP contribution in [0.25, 0.3) is 16.8 Å². The smallest absolute Gasteiger partial charge is 0.215 e. The predicted octanol–water partition coefficient (Wildman–Crippen LogP) is -0.178. The average Bonchev–Trinajstić information content (AvgIpc) is 2.84. The molecule has 0 spiro atoms. The molecular formula is C21H20ClNO4. The van der Waals surface area contributed by atoms with Crippen molar-refractivity contribution in [1.29, 1.82) is 0 Å². The Hall–Kier alpha value is -2.28. The highest BCUT2D eigenvalue weighted by Crippen LogP contribution is 2.42. The molecule has 0 bridgehead atoms. The number of aryl methyl sites for hydroxylation is 1. The molecule has 0 saturated heterocycles. The molecule has 0 saturated carbocycles. The van der Waals surface area contributed by atoms with Gasteiger partial charge in [-0.1, -0.05) is 48.5 Å². The largest absolute Gasteiger partial charge is 0.222 e. The molecule has 0 N–H and O–H groups in total. The summed E-state index contributed by atoms with van der Waals surface area (Å²) in [6, 6.07) is 24.0. The second kappa shape index (κ2) is 7.03. The van der Waals surface area contributed by atoms with E-state index in [1.54, 1.807) is 0 Å². The van der Waals surface area contributed by atoms with Crippen LogP contribution in [0, 0.1) is 17.2 Å². The molecule has 3 aromatic rings. The van der Waals surface area contributed by atoms with E-state index in [1.807, 2.05) is 0 Å². The number of aromatic nitrogens is 1. The summed E-state index contributed by atoms with van der Waals surface area (Å²) in [7, 11) is -4.94. The number of halogens is 1. The number of pyridine rings is 1.